The van der Waals surface area contributed by atoms with Crippen molar-refractivity contribution in [3.8, 4) is 11.4 Å². The maximum absolute atomic E-state index is 12.9. The lowest BCUT2D eigenvalue weighted by Crippen LogP contribution is -2.42. The van der Waals surface area contributed by atoms with Crippen molar-refractivity contribution >= 4 is 5.91 Å². The fourth-order valence-electron chi connectivity index (χ4n) is 4.85. The Morgan fingerprint density at radius 3 is 2.53 bits per heavy atom. The third kappa shape index (κ3) is 6.55. The number of likely N-dealkylation sites (tertiary alicyclic amines) is 1. The van der Waals surface area contributed by atoms with Crippen LogP contribution in [0.3, 0.4) is 0 Å². The summed E-state index contributed by atoms with van der Waals surface area (Å²) >= 11 is 0. The highest BCUT2D eigenvalue weighted by atomic mass is 16.5. The van der Waals surface area contributed by atoms with Gasteiger partial charge in [-0.2, -0.15) is 4.98 Å². The Kier molecular flexibility index (Phi) is 7.69. The maximum Gasteiger partial charge on any atom is 0.241 e. The van der Waals surface area contributed by atoms with E-state index in [0.717, 1.165) is 37.1 Å². The molecule has 38 heavy (non-hydrogen) atoms. The molecule has 1 aliphatic rings. The predicted molar refractivity (Wildman–Crippen MR) is 146 cm³/mol. The Hall–Kier alpha value is -3.78. The first-order valence-corrected chi connectivity index (χ1v) is 13.3. The Balaban J connectivity index is 1.11. The van der Waals surface area contributed by atoms with Crippen molar-refractivity contribution in [2.24, 2.45) is 5.92 Å². The molecule has 3 heterocycles. The number of carbonyl (C=O) groups excluding carboxylic acids is 1. The third-order valence-electron chi connectivity index (χ3n) is 7.13. The topological polar surface area (TPSA) is 89.1 Å². The zero-order valence-electron chi connectivity index (χ0n) is 22.4. The van der Waals surface area contributed by atoms with Crippen LogP contribution >= 0.6 is 0 Å². The smallest absolute Gasteiger partial charge is 0.241 e. The summed E-state index contributed by atoms with van der Waals surface area (Å²) in [6, 6.07) is 16.7. The van der Waals surface area contributed by atoms with Crippen LogP contribution in [0.2, 0.25) is 0 Å². The van der Waals surface area contributed by atoms with E-state index in [9.17, 15) is 4.79 Å². The van der Waals surface area contributed by atoms with Gasteiger partial charge < -0.3 is 14.4 Å². The van der Waals surface area contributed by atoms with E-state index in [2.05, 4.69) is 82.5 Å². The molecular weight excluding hydrogens is 476 g/mol. The summed E-state index contributed by atoms with van der Waals surface area (Å²) in [4.78, 5) is 23.9. The van der Waals surface area contributed by atoms with Crippen LogP contribution in [0.15, 0.2) is 71.8 Å². The van der Waals surface area contributed by atoms with Crippen LogP contribution < -0.4 is 5.32 Å². The van der Waals surface area contributed by atoms with Gasteiger partial charge in [-0.1, -0.05) is 74.5 Å². The molecule has 1 aliphatic heterocycles. The van der Waals surface area contributed by atoms with Gasteiger partial charge in [-0.3, -0.25) is 9.69 Å². The first-order chi connectivity index (χ1) is 18.3. The number of hydrogen-bond donors (Lipinski definition) is 1. The molecule has 0 spiro atoms. The fraction of sp³-hybridized carbons (Fsp3) is 0.400. The van der Waals surface area contributed by atoms with Crippen molar-refractivity contribution in [3.63, 3.8) is 0 Å². The van der Waals surface area contributed by atoms with Crippen molar-refractivity contribution in [1.29, 1.82) is 0 Å². The summed E-state index contributed by atoms with van der Waals surface area (Å²) in [7, 11) is 0. The average Bonchev–Trinajstić information content (AvgIpc) is 3.60. The van der Waals surface area contributed by atoms with Gasteiger partial charge in [0.15, 0.2) is 0 Å². The second kappa shape index (κ2) is 11.3. The summed E-state index contributed by atoms with van der Waals surface area (Å²) in [6.07, 6.45) is 7.40. The van der Waals surface area contributed by atoms with Crippen molar-refractivity contribution < 1.29 is 9.32 Å². The van der Waals surface area contributed by atoms with Gasteiger partial charge in [-0.15, -0.1) is 0 Å². The van der Waals surface area contributed by atoms with Crippen LogP contribution in [-0.2, 0) is 29.8 Å². The molecule has 1 fully saturated rings. The largest absolute Gasteiger partial charge is 0.352 e. The number of nitrogens with one attached hydrogen (secondary N) is 1. The van der Waals surface area contributed by atoms with Crippen LogP contribution in [0.4, 0.5) is 0 Å². The lowest BCUT2D eigenvalue weighted by molar-refractivity contribution is -0.127. The number of rotatable bonds is 8. The zero-order chi connectivity index (χ0) is 26.5. The van der Waals surface area contributed by atoms with Crippen LogP contribution in [0.5, 0.6) is 0 Å². The highest BCUT2D eigenvalue weighted by molar-refractivity contribution is 5.79. The van der Waals surface area contributed by atoms with Gasteiger partial charge in [-0.25, -0.2) is 4.98 Å². The number of nitrogens with zero attached hydrogens (tertiary/aromatic N) is 5. The van der Waals surface area contributed by atoms with Gasteiger partial charge in [-0.05, 0) is 41.5 Å². The van der Waals surface area contributed by atoms with Gasteiger partial charge in [0.2, 0.25) is 17.6 Å². The second-order valence-corrected chi connectivity index (χ2v) is 11.2. The molecule has 2 aromatic carbocycles. The lowest BCUT2D eigenvalue weighted by Gasteiger charge is -2.30. The average molecular weight is 513 g/mol. The van der Waals surface area contributed by atoms with E-state index in [1.165, 1.54) is 11.1 Å². The van der Waals surface area contributed by atoms with E-state index in [4.69, 9.17) is 4.52 Å². The van der Waals surface area contributed by atoms with E-state index in [1.54, 1.807) is 6.20 Å². The summed E-state index contributed by atoms with van der Waals surface area (Å²) in [6.45, 7) is 10.1. The molecule has 1 amide bonds. The molecule has 8 heteroatoms. The molecule has 2 aromatic heterocycles. The van der Waals surface area contributed by atoms with E-state index in [1.807, 2.05) is 29.2 Å². The number of aromatic nitrogens is 4. The number of imidazole rings is 1. The van der Waals surface area contributed by atoms with E-state index in [0.29, 0.717) is 31.3 Å². The minimum atomic E-state index is -0.0448. The Bertz CT molecular complexity index is 1320. The molecule has 198 valence electrons. The van der Waals surface area contributed by atoms with Crippen LogP contribution in [0, 0.1) is 5.92 Å². The Morgan fingerprint density at radius 2 is 1.82 bits per heavy atom. The molecule has 0 aliphatic carbocycles. The molecule has 8 nitrogen and oxygen atoms in total. The highest BCUT2D eigenvalue weighted by Gasteiger charge is 2.27. The molecular formula is C30H36N6O2. The summed E-state index contributed by atoms with van der Waals surface area (Å²) < 4.78 is 7.59. The number of benzene rings is 2. The predicted octanol–water partition coefficient (Wildman–Crippen LogP) is 4.81. The van der Waals surface area contributed by atoms with Gasteiger partial charge in [0.1, 0.15) is 0 Å². The van der Waals surface area contributed by atoms with Crippen LogP contribution in [0.25, 0.3) is 11.4 Å². The van der Waals surface area contributed by atoms with Crippen LogP contribution in [-0.4, -0.2) is 43.6 Å². The fourth-order valence-corrected chi connectivity index (χ4v) is 4.85. The first kappa shape index (κ1) is 25.9. The van der Waals surface area contributed by atoms with E-state index in [-0.39, 0.29) is 17.2 Å². The van der Waals surface area contributed by atoms with Crippen molar-refractivity contribution in [3.05, 3.63) is 89.8 Å². The number of piperidine rings is 1. The summed E-state index contributed by atoms with van der Waals surface area (Å²) in [5, 5.41) is 7.32. The molecule has 0 saturated carbocycles. The van der Waals surface area contributed by atoms with Crippen LogP contribution in [0.1, 0.15) is 56.2 Å². The molecule has 1 saturated heterocycles. The number of carbonyl (C=O) groups is 1. The third-order valence-corrected chi connectivity index (χ3v) is 7.13. The van der Waals surface area contributed by atoms with Gasteiger partial charge in [0.05, 0.1) is 18.8 Å². The van der Waals surface area contributed by atoms with Gasteiger partial charge in [0.25, 0.3) is 0 Å². The summed E-state index contributed by atoms with van der Waals surface area (Å²) in [5.74, 6) is 1.23. The standard InChI is InChI=1S/C30H36N6O2/c1-30(2,3)26-12-10-24(11-13-26)28-33-27(38-34-28)20-35-15-4-5-25(19-35)29(37)32-17-22-6-8-23(9-7-22)18-36-16-14-31-21-36/h6-14,16,21,25H,4-5,15,17-20H2,1-3H3,(H,32,37). The second-order valence-electron chi connectivity index (χ2n) is 11.2. The summed E-state index contributed by atoms with van der Waals surface area (Å²) in [5.41, 5.74) is 4.61. The Morgan fingerprint density at radius 1 is 1.05 bits per heavy atom. The van der Waals surface area contributed by atoms with Gasteiger partial charge in [0, 0.05) is 37.6 Å². The van der Waals surface area contributed by atoms with E-state index >= 15 is 0 Å². The molecule has 1 unspecified atom stereocenters. The zero-order valence-corrected chi connectivity index (χ0v) is 22.4. The van der Waals surface area contributed by atoms with Crippen molar-refractivity contribution in [2.75, 3.05) is 13.1 Å². The minimum Gasteiger partial charge on any atom is -0.352 e. The van der Waals surface area contributed by atoms with Crippen molar-refractivity contribution in [2.45, 2.75) is 58.7 Å². The number of hydrogen-bond acceptors (Lipinski definition) is 6. The first-order valence-electron chi connectivity index (χ1n) is 13.3. The normalized spacial score (nSPS) is 16.4. The quantitative estimate of drug-likeness (QED) is 0.365. The molecule has 1 atom stereocenters. The lowest BCUT2D eigenvalue weighted by atomic mass is 9.87. The number of amides is 1. The maximum atomic E-state index is 12.9. The Labute approximate surface area is 224 Å². The molecule has 5 rings (SSSR count). The minimum absolute atomic E-state index is 0.0448. The van der Waals surface area contributed by atoms with Gasteiger partial charge >= 0.3 is 0 Å². The SMILES string of the molecule is CC(C)(C)c1ccc(-c2noc(CN3CCCC(C(=O)NCc4ccc(Cn5ccnc5)cc4)C3)n2)cc1. The highest BCUT2D eigenvalue weighted by Crippen LogP contribution is 2.25. The molecule has 1 N–H and O–H groups in total. The van der Waals surface area contributed by atoms with Crippen molar-refractivity contribution in [1.82, 2.24) is 29.9 Å². The monoisotopic (exact) mass is 512 g/mol. The molecule has 4 aromatic rings. The molecule has 0 bridgehead atoms. The molecule has 0 radical (unpaired) electrons. The van der Waals surface area contributed by atoms with E-state index < -0.39 is 0 Å².